The number of aromatic nitrogens is 1. The Morgan fingerprint density at radius 2 is 2.42 bits per heavy atom. The van der Waals surface area contributed by atoms with Crippen molar-refractivity contribution in [2.75, 3.05) is 18.4 Å². The molecule has 6 heteroatoms. The summed E-state index contributed by atoms with van der Waals surface area (Å²) < 4.78 is 0.990. The van der Waals surface area contributed by atoms with Gasteiger partial charge < -0.3 is 10.6 Å². The molecule has 3 rings (SSSR count). The Hall–Kier alpha value is -1.17. The van der Waals surface area contributed by atoms with E-state index in [1.54, 1.807) is 6.07 Å². The summed E-state index contributed by atoms with van der Waals surface area (Å²) >= 11 is 7.39. The average Bonchev–Trinajstić information content (AvgIpc) is 2.81. The van der Waals surface area contributed by atoms with Crippen molar-refractivity contribution in [2.24, 2.45) is 5.92 Å². The van der Waals surface area contributed by atoms with Crippen molar-refractivity contribution < 1.29 is 4.79 Å². The maximum absolute atomic E-state index is 12.1. The van der Waals surface area contributed by atoms with E-state index >= 15 is 0 Å². The minimum Gasteiger partial charge on any atom is -0.316 e. The molecule has 1 aromatic heterocycles. The fraction of sp³-hybridized carbons (Fsp3) is 0.385. The third-order valence-electron chi connectivity index (χ3n) is 3.25. The Bertz CT molecular complexity index is 607. The number of nitrogens with one attached hydrogen (secondary N) is 2. The summed E-state index contributed by atoms with van der Waals surface area (Å²) in [6.07, 6.45) is 1.99. The molecule has 0 spiro atoms. The van der Waals surface area contributed by atoms with Gasteiger partial charge in [0.2, 0.25) is 5.91 Å². The fourth-order valence-electron chi connectivity index (χ4n) is 2.23. The van der Waals surface area contributed by atoms with Gasteiger partial charge in [-0.05, 0) is 37.6 Å². The number of piperidine rings is 1. The van der Waals surface area contributed by atoms with Crippen molar-refractivity contribution in [3.05, 3.63) is 23.2 Å². The quantitative estimate of drug-likeness (QED) is 0.896. The van der Waals surface area contributed by atoms with E-state index < -0.39 is 0 Å². The van der Waals surface area contributed by atoms with Crippen LogP contribution in [0, 0.1) is 5.92 Å². The van der Waals surface area contributed by atoms with Gasteiger partial charge in [-0.3, -0.25) is 4.79 Å². The van der Waals surface area contributed by atoms with Gasteiger partial charge in [0.15, 0.2) is 5.13 Å². The topological polar surface area (TPSA) is 54.0 Å². The number of nitrogens with zero attached hydrogens (tertiary/aromatic N) is 1. The van der Waals surface area contributed by atoms with Gasteiger partial charge in [-0.25, -0.2) is 4.98 Å². The van der Waals surface area contributed by atoms with Crippen molar-refractivity contribution >= 4 is 44.2 Å². The molecule has 19 heavy (non-hydrogen) atoms. The monoisotopic (exact) mass is 295 g/mol. The Labute approximate surface area is 120 Å². The van der Waals surface area contributed by atoms with E-state index in [-0.39, 0.29) is 11.8 Å². The number of benzene rings is 1. The standard InChI is InChI=1S/C13H14ClN3OS/c14-9-3-4-10-11(6-9)19-13(16-10)17-12(18)8-2-1-5-15-7-8/h3-4,6,8,15H,1-2,5,7H2,(H,16,17,18)/t8-/m1/s1. The van der Waals surface area contributed by atoms with Crippen molar-refractivity contribution in [3.8, 4) is 0 Å². The number of thiazole rings is 1. The van der Waals surface area contributed by atoms with Crippen molar-refractivity contribution in [2.45, 2.75) is 12.8 Å². The van der Waals surface area contributed by atoms with Gasteiger partial charge >= 0.3 is 0 Å². The van der Waals surface area contributed by atoms with E-state index in [1.165, 1.54) is 11.3 Å². The Morgan fingerprint density at radius 1 is 1.53 bits per heavy atom. The van der Waals surface area contributed by atoms with E-state index in [2.05, 4.69) is 15.6 Å². The van der Waals surface area contributed by atoms with Crippen LogP contribution in [0.3, 0.4) is 0 Å². The van der Waals surface area contributed by atoms with Crippen LogP contribution in [0.4, 0.5) is 5.13 Å². The number of hydrogen-bond acceptors (Lipinski definition) is 4. The molecule has 0 aliphatic carbocycles. The zero-order valence-electron chi connectivity index (χ0n) is 10.3. The first kappa shape index (κ1) is 12.8. The van der Waals surface area contributed by atoms with Crippen molar-refractivity contribution in [3.63, 3.8) is 0 Å². The zero-order chi connectivity index (χ0) is 13.2. The molecule has 2 heterocycles. The summed E-state index contributed by atoms with van der Waals surface area (Å²) in [5, 5.41) is 7.48. The number of rotatable bonds is 2. The van der Waals surface area contributed by atoms with Crippen LogP contribution in [0.15, 0.2) is 18.2 Å². The highest BCUT2D eigenvalue weighted by Gasteiger charge is 2.21. The molecule has 4 nitrogen and oxygen atoms in total. The number of fused-ring (bicyclic) bond motifs is 1. The number of anilines is 1. The number of halogens is 1. The van der Waals surface area contributed by atoms with E-state index in [0.717, 1.165) is 36.1 Å². The second-order valence-electron chi connectivity index (χ2n) is 4.66. The molecule has 1 saturated heterocycles. The normalized spacial score (nSPS) is 19.5. The second kappa shape index (κ2) is 5.45. The highest BCUT2D eigenvalue weighted by atomic mass is 35.5. The zero-order valence-corrected chi connectivity index (χ0v) is 11.9. The summed E-state index contributed by atoms with van der Waals surface area (Å²) in [6, 6.07) is 5.54. The lowest BCUT2D eigenvalue weighted by molar-refractivity contribution is -0.120. The second-order valence-corrected chi connectivity index (χ2v) is 6.13. The lowest BCUT2D eigenvalue weighted by atomic mass is 9.99. The van der Waals surface area contributed by atoms with Gasteiger partial charge in [0.05, 0.1) is 16.1 Å². The molecule has 1 aromatic carbocycles. The first-order valence-electron chi connectivity index (χ1n) is 6.30. The van der Waals surface area contributed by atoms with Crippen molar-refractivity contribution in [1.29, 1.82) is 0 Å². The van der Waals surface area contributed by atoms with Crippen LogP contribution in [0.5, 0.6) is 0 Å². The van der Waals surface area contributed by atoms with Crippen LogP contribution < -0.4 is 10.6 Å². The van der Waals surface area contributed by atoms with Gasteiger partial charge in [0, 0.05) is 11.6 Å². The number of carbonyl (C=O) groups excluding carboxylic acids is 1. The van der Waals surface area contributed by atoms with Crippen LogP contribution in [-0.2, 0) is 4.79 Å². The molecule has 2 aromatic rings. The predicted octanol–water partition coefficient (Wildman–Crippen LogP) is 2.89. The highest BCUT2D eigenvalue weighted by molar-refractivity contribution is 7.22. The molecule has 1 atom stereocenters. The van der Waals surface area contributed by atoms with E-state index in [1.807, 2.05) is 12.1 Å². The predicted molar refractivity (Wildman–Crippen MR) is 78.9 cm³/mol. The Kier molecular flexibility index (Phi) is 3.68. The minimum atomic E-state index is 0.0457. The summed E-state index contributed by atoms with van der Waals surface area (Å²) in [6.45, 7) is 1.76. The van der Waals surface area contributed by atoms with Gasteiger partial charge in [-0.1, -0.05) is 22.9 Å². The molecule has 0 saturated carbocycles. The molecule has 100 valence electrons. The molecular formula is C13H14ClN3OS. The number of hydrogen-bond donors (Lipinski definition) is 2. The Morgan fingerprint density at radius 3 is 3.21 bits per heavy atom. The minimum absolute atomic E-state index is 0.0457. The molecule has 2 N–H and O–H groups in total. The first-order chi connectivity index (χ1) is 9.22. The molecule has 1 aliphatic rings. The molecular weight excluding hydrogens is 282 g/mol. The summed E-state index contributed by atoms with van der Waals surface area (Å²) in [5.74, 6) is 0.0988. The Balaban J connectivity index is 1.75. The lowest BCUT2D eigenvalue weighted by Crippen LogP contribution is -2.37. The van der Waals surface area contributed by atoms with Gasteiger partial charge in [-0.15, -0.1) is 0 Å². The third-order valence-corrected chi connectivity index (χ3v) is 4.42. The summed E-state index contributed by atoms with van der Waals surface area (Å²) in [4.78, 5) is 16.5. The molecule has 1 aliphatic heterocycles. The van der Waals surface area contributed by atoms with E-state index in [9.17, 15) is 4.79 Å². The smallest absolute Gasteiger partial charge is 0.230 e. The van der Waals surface area contributed by atoms with Gasteiger partial charge in [-0.2, -0.15) is 0 Å². The highest BCUT2D eigenvalue weighted by Crippen LogP contribution is 2.28. The fourth-order valence-corrected chi connectivity index (χ4v) is 3.38. The maximum Gasteiger partial charge on any atom is 0.230 e. The summed E-state index contributed by atoms with van der Waals surface area (Å²) in [5.41, 5.74) is 0.867. The molecule has 1 amide bonds. The van der Waals surface area contributed by atoms with Gasteiger partial charge in [0.1, 0.15) is 0 Å². The maximum atomic E-state index is 12.1. The molecule has 0 bridgehead atoms. The number of amides is 1. The van der Waals surface area contributed by atoms with Crippen LogP contribution in [0.1, 0.15) is 12.8 Å². The van der Waals surface area contributed by atoms with Gasteiger partial charge in [0.25, 0.3) is 0 Å². The van der Waals surface area contributed by atoms with Crippen LogP contribution in [0.25, 0.3) is 10.2 Å². The molecule has 0 unspecified atom stereocenters. The molecule has 0 radical (unpaired) electrons. The average molecular weight is 296 g/mol. The largest absolute Gasteiger partial charge is 0.316 e. The lowest BCUT2D eigenvalue weighted by Gasteiger charge is -2.21. The third kappa shape index (κ3) is 2.88. The SMILES string of the molecule is O=C(Nc1nc2ccc(Cl)cc2s1)[C@@H]1CCCNC1. The first-order valence-corrected chi connectivity index (χ1v) is 7.49. The van der Waals surface area contributed by atoms with E-state index in [4.69, 9.17) is 11.6 Å². The van der Waals surface area contributed by atoms with Crippen LogP contribution in [-0.4, -0.2) is 24.0 Å². The number of carbonyl (C=O) groups is 1. The van der Waals surface area contributed by atoms with Crippen LogP contribution >= 0.6 is 22.9 Å². The molecule has 1 fully saturated rings. The summed E-state index contributed by atoms with van der Waals surface area (Å²) in [7, 11) is 0. The van der Waals surface area contributed by atoms with E-state index in [0.29, 0.717) is 10.2 Å². The van der Waals surface area contributed by atoms with Crippen molar-refractivity contribution in [1.82, 2.24) is 10.3 Å². The van der Waals surface area contributed by atoms with Crippen LogP contribution in [0.2, 0.25) is 5.02 Å².